The third-order valence-corrected chi connectivity index (χ3v) is 1.75. The van der Waals surface area contributed by atoms with Gasteiger partial charge in [-0.15, -0.1) is 0 Å². The van der Waals surface area contributed by atoms with E-state index in [-0.39, 0.29) is 5.97 Å². The number of unbranched alkanes of at least 4 members (excludes halogenated alkanes) is 3. The molecule has 0 radical (unpaired) electrons. The van der Waals surface area contributed by atoms with E-state index in [1.165, 1.54) is 12.7 Å². The van der Waals surface area contributed by atoms with Gasteiger partial charge in [-0.1, -0.05) is 26.7 Å². The van der Waals surface area contributed by atoms with Gasteiger partial charge in [0.15, 0.2) is 0 Å². The highest BCUT2D eigenvalue weighted by molar-refractivity contribution is 5.69. The van der Waals surface area contributed by atoms with Crippen molar-refractivity contribution in [1.29, 1.82) is 0 Å². The van der Waals surface area contributed by atoms with E-state index in [2.05, 4.69) is 13.8 Å². The van der Waals surface area contributed by atoms with E-state index in [0.29, 0.717) is 6.42 Å². The number of carbonyl (C=O) groups excluding carboxylic acids is 1. The van der Waals surface area contributed by atoms with Crippen molar-refractivity contribution in [1.82, 2.24) is 0 Å². The number of ether oxygens (including phenoxy) is 1. The van der Waals surface area contributed by atoms with Crippen LogP contribution in [0.15, 0.2) is 12.3 Å². The first-order valence-corrected chi connectivity index (χ1v) is 5.15. The molecule has 0 N–H and O–H groups in total. The maximum Gasteiger partial charge on any atom is 0.310 e. The molecule has 13 heavy (non-hydrogen) atoms. The van der Waals surface area contributed by atoms with Crippen LogP contribution in [0.3, 0.4) is 0 Å². The summed E-state index contributed by atoms with van der Waals surface area (Å²) in [5.41, 5.74) is 0. The van der Waals surface area contributed by atoms with E-state index in [9.17, 15) is 4.79 Å². The summed E-state index contributed by atoms with van der Waals surface area (Å²) in [6.07, 6.45) is 9.25. The summed E-state index contributed by atoms with van der Waals surface area (Å²) in [6.45, 7) is 4.20. The van der Waals surface area contributed by atoms with Crippen molar-refractivity contribution in [3.63, 3.8) is 0 Å². The molecule has 0 saturated heterocycles. The van der Waals surface area contributed by atoms with Crippen molar-refractivity contribution in [2.45, 2.75) is 52.4 Å². The second-order valence-corrected chi connectivity index (χ2v) is 3.11. The Morgan fingerprint density at radius 1 is 1.23 bits per heavy atom. The Kier molecular flexibility index (Phi) is 8.73. The lowest BCUT2D eigenvalue weighted by atomic mass is 10.2. The number of hydrogen-bond acceptors (Lipinski definition) is 2. The maximum absolute atomic E-state index is 11.0. The molecule has 2 nitrogen and oxygen atoms in total. The Bertz CT molecular complexity index is 150. The Labute approximate surface area is 81.0 Å². The fraction of sp³-hybridized carbons (Fsp3) is 0.727. The maximum atomic E-state index is 11.0. The van der Waals surface area contributed by atoms with Crippen molar-refractivity contribution < 1.29 is 9.53 Å². The van der Waals surface area contributed by atoms with Gasteiger partial charge in [0.25, 0.3) is 0 Å². The van der Waals surface area contributed by atoms with Crippen molar-refractivity contribution in [3.05, 3.63) is 12.3 Å². The van der Waals surface area contributed by atoms with Gasteiger partial charge in [-0.2, -0.15) is 0 Å². The number of hydrogen-bond donors (Lipinski definition) is 0. The molecule has 0 bridgehead atoms. The molecule has 2 heteroatoms. The summed E-state index contributed by atoms with van der Waals surface area (Å²) in [4.78, 5) is 11.0. The lowest BCUT2D eigenvalue weighted by molar-refractivity contribution is -0.138. The molecular weight excluding hydrogens is 164 g/mol. The predicted octanol–water partition coefficient (Wildman–Crippen LogP) is 3.42. The smallest absolute Gasteiger partial charge is 0.310 e. The van der Waals surface area contributed by atoms with Crippen LogP contribution in [-0.2, 0) is 9.53 Å². The molecule has 0 aromatic rings. The van der Waals surface area contributed by atoms with Gasteiger partial charge in [0.05, 0.1) is 6.26 Å². The minimum Gasteiger partial charge on any atom is -0.435 e. The fourth-order valence-corrected chi connectivity index (χ4v) is 0.894. The second kappa shape index (κ2) is 9.30. The highest BCUT2D eigenvalue weighted by Gasteiger charge is 1.97. The van der Waals surface area contributed by atoms with Crippen LogP contribution in [-0.4, -0.2) is 5.97 Å². The first-order chi connectivity index (χ1) is 6.31. The van der Waals surface area contributed by atoms with E-state index in [4.69, 9.17) is 4.74 Å². The largest absolute Gasteiger partial charge is 0.435 e. The molecule has 0 saturated carbocycles. The van der Waals surface area contributed by atoms with Gasteiger partial charge in [0.1, 0.15) is 0 Å². The highest BCUT2D eigenvalue weighted by Crippen LogP contribution is 1.98. The molecule has 0 aromatic carbocycles. The van der Waals surface area contributed by atoms with E-state index in [1.54, 1.807) is 0 Å². The third kappa shape index (κ3) is 9.12. The first-order valence-electron chi connectivity index (χ1n) is 5.15. The summed E-state index contributed by atoms with van der Waals surface area (Å²) >= 11 is 0. The molecule has 76 valence electrons. The molecule has 0 rings (SSSR count). The van der Waals surface area contributed by atoms with Crippen molar-refractivity contribution in [2.75, 3.05) is 0 Å². The molecule has 0 heterocycles. The molecule has 0 aliphatic heterocycles. The zero-order valence-corrected chi connectivity index (χ0v) is 8.71. The highest BCUT2D eigenvalue weighted by atomic mass is 16.5. The Morgan fingerprint density at radius 3 is 2.54 bits per heavy atom. The van der Waals surface area contributed by atoms with Crippen LogP contribution in [0.2, 0.25) is 0 Å². The molecule has 0 aromatic heterocycles. The van der Waals surface area contributed by atoms with Crippen molar-refractivity contribution >= 4 is 5.97 Å². The van der Waals surface area contributed by atoms with E-state index < -0.39 is 0 Å². The van der Waals surface area contributed by atoms with Crippen molar-refractivity contribution in [3.8, 4) is 0 Å². The van der Waals surface area contributed by atoms with Crippen LogP contribution >= 0.6 is 0 Å². The minimum absolute atomic E-state index is 0.116. The SMILES string of the molecule is CCCC/C=C\OC(=O)CCCC. The van der Waals surface area contributed by atoms with Crippen LogP contribution in [0.25, 0.3) is 0 Å². The predicted molar refractivity (Wildman–Crippen MR) is 54.3 cm³/mol. The number of esters is 1. The summed E-state index contributed by atoms with van der Waals surface area (Å²) in [7, 11) is 0. The Balaban J connectivity index is 3.29. The molecule has 0 spiro atoms. The summed E-state index contributed by atoms with van der Waals surface area (Å²) in [5.74, 6) is -0.116. The van der Waals surface area contributed by atoms with Crippen LogP contribution in [0.5, 0.6) is 0 Å². The quantitative estimate of drug-likeness (QED) is 0.344. The van der Waals surface area contributed by atoms with Gasteiger partial charge in [-0.3, -0.25) is 4.79 Å². The Hall–Kier alpha value is -0.790. The van der Waals surface area contributed by atoms with Crippen LogP contribution in [0, 0.1) is 0 Å². The molecule has 0 fully saturated rings. The van der Waals surface area contributed by atoms with Gasteiger partial charge in [0, 0.05) is 6.42 Å². The normalized spacial score (nSPS) is 10.6. The molecule has 0 atom stereocenters. The van der Waals surface area contributed by atoms with E-state index in [0.717, 1.165) is 25.7 Å². The average Bonchev–Trinajstić information content (AvgIpc) is 2.14. The lowest BCUT2D eigenvalue weighted by Crippen LogP contribution is -1.98. The average molecular weight is 184 g/mol. The van der Waals surface area contributed by atoms with E-state index >= 15 is 0 Å². The zero-order valence-electron chi connectivity index (χ0n) is 8.71. The monoisotopic (exact) mass is 184 g/mol. The van der Waals surface area contributed by atoms with Crippen LogP contribution in [0.1, 0.15) is 52.4 Å². The minimum atomic E-state index is -0.116. The van der Waals surface area contributed by atoms with Crippen LogP contribution < -0.4 is 0 Å². The van der Waals surface area contributed by atoms with E-state index in [1.807, 2.05) is 6.08 Å². The lowest BCUT2D eigenvalue weighted by Gasteiger charge is -1.96. The van der Waals surface area contributed by atoms with Gasteiger partial charge in [-0.05, 0) is 25.3 Å². The first kappa shape index (κ1) is 12.2. The summed E-state index contributed by atoms with van der Waals surface area (Å²) in [5, 5.41) is 0. The summed E-state index contributed by atoms with van der Waals surface area (Å²) < 4.78 is 4.87. The standard InChI is InChI=1S/C11H20O2/c1-3-5-7-8-10-13-11(12)9-6-4-2/h8,10H,3-7,9H2,1-2H3/b10-8-. The summed E-state index contributed by atoms with van der Waals surface area (Å²) in [6, 6.07) is 0. The topological polar surface area (TPSA) is 26.3 Å². The fourth-order valence-electron chi connectivity index (χ4n) is 0.894. The zero-order chi connectivity index (χ0) is 9.94. The molecule has 0 unspecified atom stereocenters. The Morgan fingerprint density at radius 2 is 1.92 bits per heavy atom. The molecular formula is C11H20O2. The van der Waals surface area contributed by atoms with Gasteiger partial charge < -0.3 is 4.74 Å². The van der Waals surface area contributed by atoms with Crippen molar-refractivity contribution in [2.24, 2.45) is 0 Å². The molecule has 0 aliphatic rings. The number of carbonyl (C=O) groups is 1. The van der Waals surface area contributed by atoms with Gasteiger partial charge in [0.2, 0.25) is 0 Å². The number of rotatable bonds is 7. The molecule has 0 amide bonds. The number of allylic oxidation sites excluding steroid dienone is 1. The van der Waals surface area contributed by atoms with Gasteiger partial charge >= 0.3 is 5.97 Å². The van der Waals surface area contributed by atoms with Gasteiger partial charge in [-0.25, -0.2) is 0 Å². The molecule has 0 aliphatic carbocycles. The second-order valence-electron chi connectivity index (χ2n) is 3.11. The van der Waals surface area contributed by atoms with Crippen LogP contribution in [0.4, 0.5) is 0 Å². The third-order valence-electron chi connectivity index (χ3n) is 1.75.